The van der Waals surface area contributed by atoms with Gasteiger partial charge in [0.2, 0.25) is 0 Å². The highest BCUT2D eigenvalue weighted by Crippen LogP contribution is 2.24. The maximum Gasteiger partial charge on any atom is 0.127 e. The zero-order chi connectivity index (χ0) is 17.8. The van der Waals surface area contributed by atoms with E-state index < -0.39 is 0 Å². The minimum absolute atomic E-state index is 0.744. The fraction of sp³-hybridized carbons (Fsp3) is 0.0909. The summed E-state index contributed by atoms with van der Waals surface area (Å²) in [6, 6.07) is 22.1. The van der Waals surface area contributed by atoms with Crippen molar-refractivity contribution < 1.29 is 4.74 Å². The van der Waals surface area contributed by atoms with Crippen molar-refractivity contribution in [1.82, 2.24) is 9.97 Å². The van der Waals surface area contributed by atoms with Crippen LogP contribution in [0.1, 0.15) is 11.1 Å². The molecule has 0 saturated carbocycles. The Morgan fingerprint density at radius 1 is 0.923 bits per heavy atom. The maximum absolute atomic E-state index is 5.89. The predicted octanol–water partition coefficient (Wildman–Crippen LogP) is 5.34. The highest BCUT2D eigenvalue weighted by Gasteiger charge is 2.03. The number of fused-ring (bicyclic) bond motifs is 1. The molecule has 0 aliphatic rings. The second-order valence-corrected chi connectivity index (χ2v) is 6.15. The smallest absolute Gasteiger partial charge is 0.127 e. The largest absolute Gasteiger partial charge is 0.457 e. The highest BCUT2D eigenvalue weighted by molar-refractivity contribution is 5.81. The summed E-state index contributed by atoms with van der Waals surface area (Å²) in [7, 11) is 0. The molecule has 0 fully saturated rings. The summed E-state index contributed by atoms with van der Waals surface area (Å²) in [5.41, 5.74) is 4.40. The van der Waals surface area contributed by atoms with E-state index in [-0.39, 0.29) is 0 Å². The first kappa shape index (κ1) is 16.1. The van der Waals surface area contributed by atoms with Crippen LogP contribution in [-0.4, -0.2) is 9.97 Å². The number of rotatable bonds is 5. The van der Waals surface area contributed by atoms with Gasteiger partial charge in [0.25, 0.3) is 0 Å². The van der Waals surface area contributed by atoms with Crippen LogP contribution in [0.3, 0.4) is 0 Å². The van der Waals surface area contributed by atoms with Gasteiger partial charge in [-0.3, -0.25) is 0 Å². The molecule has 4 aromatic rings. The predicted molar refractivity (Wildman–Crippen MR) is 105 cm³/mol. The SMILES string of the molecule is Cc1cc(Oc2ccccc2)ccc1CNc1ccc2cncnc2c1. The molecule has 4 rings (SSSR count). The highest BCUT2D eigenvalue weighted by atomic mass is 16.5. The van der Waals surface area contributed by atoms with Crippen molar-refractivity contribution in [2.75, 3.05) is 5.32 Å². The van der Waals surface area contributed by atoms with Gasteiger partial charge in [0.05, 0.1) is 5.52 Å². The molecular weight excluding hydrogens is 322 g/mol. The Kier molecular flexibility index (Phi) is 4.48. The van der Waals surface area contributed by atoms with Crippen molar-refractivity contribution in [3.8, 4) is 11.5 Å². The number of benzene rings is 3. The molecule has 1 heterocycles. The number of nitrogens with one attached hydrogen (secondary N) is 1. The van der Waals surface area contributed by atoms with Gasteiger partial charge in [-0.05, 0) is 60.5 Å². The lowest BCUT2D eigenvalue weighted by Crippen LogP contribution is -2.01. The van der Waals surface area contributed by atoms with Gasteiger partial charge in [0, 0.05) is 23.8 Å². The minimum Gasteiger partial charge on any atom is -0.457 e. The van der Waals surface area contributed by atoms with Crippen molar-refractivity contribution in [2.24, 2.45) is 0 Å². The molecule has 26 heavy (non-hydrogen) atoms. The molecule has 0 amide bonds. The molecule has 0 saturated heterocycles. The zero-order valence-electron chi connectivity index (χ0n) is 14.5. The van der Waals surface area contributed by atoms with E-state index in [0.717, 1.165) is 34.6 Å². The van der Waals surface area contributed by atoms with Crippen LogP contribution in [0.4, 0.5) is 5.69 Å². The monoisotopic (exact) mass is 341 g/mol. The topological polar surface area (TPSA) is 47.0 Å². The molecule has 0 aliphatic heterocycles. The van der Waals surface area contributed by atoms with Crippen LogP contribution in [0.2, 0.25) is 0 Å². The summed E-state index contributed by atoms with van der Waals surface area (Å²) < 4.78 is 5.89. The summed E-state index contributed by atoms with van der Waals surface area (Å²) >= 11 is 0. The van der Waals surface area contributed by atoms with Crippen LogP contribution >= 0.6 is 0 Å². The Bertz CT molecular complexity index is 1030. The van der Waals surface area contributed by atoms with Gasteiger partial charge >= 0.3 is 0 Å². The molecule has 0 radical (unpaired) electrons. The Morgan fingerprint density at radius 3 is 2.65 bits per heavy atom. The average Bonchev–Trinajstić information content (AvgIpc) is 2.68. The molecule has 4 nitrogen and oxygen atoms in total. The Hall–Kier alpha value is -3.40. The van der Waals surface area contributed by atoms with Crippen LogP contribution in [0.5, 0.6) is 11.5 Å². The van der Waals surface area contributed by atoms with Crippen LogP contribution in [0, 0.1) is 6.92 Å². The first-order chi connectivity index (χ1) is 12.8. The maximum atomic E-state index is 5.89. The van der Waals surface area contributed by atoms with Gasteiger partial charge in [-0.1, -0.05) is 24.3 Å². The third-order valence-electron chi connectivity index (χ3n) is 4.28. The molecule has 3 aromatic carbocycles. The first-order valence-corrected chi connectivity index (χ1v) is 8.54. The number of hydrogen-bond acceptors (Lipinski definition) is 4. The lowest BCUT2D eigenvalue weighted by atomic mass is 10.1. The van der Waals surface area contributed by atoms with E-state index in [4.69, 9.17) is 4.74 Å². The molecule has 0 bridgehead atoms. The minimum atomic E-state index is 0.744. The van der Waals surface area contributed by atoms with Crippen molar-refractivity contribution >= 4 is 16.6 Å². The first-order valence-electron chi connectivity index (χ1n) is 8.54. The molecule has 0 spiro atoms. The Labute approximate surface area is 152 Å². The molecule has 0 aliphatic carbocycles. The fourth-order valence-corrected chi connectivity index (χ4v) is 2.84. The third-order valence-corrected chi connectivity index (χ3v) is 4.28. The number of para-hydroxylation sites is 1. The van der Waals surface area contributed by atoms with Crippen molar-refractivity contribution in [3.63, 3.8) is 0 Å². The van der Waals surface area contributed by atoms with Gasteiger partial charge in [0.15, 0.2) is 0 Å². The molecule has 1 N–H and O–H groups in total. The van der Waals surface area contributed by atoms with Gasteiger partial charge < -0.3 is 10.1 Å². The van der Waals surface area contributed by atoms with E-state index in [9.17, 15) is 0 Å². The molecule has 128 valence electrons. The number of nitrogens with zero attached hydrogens (tertiary/aromatic N) is 2. The van der Waals surface area contributed by atoms with E-state index in [2.05, 4.69) is 34.3 Å². The Balaban J connectivity index is 1.46. The van der Waals surface area contributed by atoms with Gasteiger partial charge in [-0.2, -0.15) is 0 Å². The summed E-state index contributed by atoms with van der Waals surface area (Å²) in [5, 5.41) is 4.50. The van der Waals surface area contributed by atoms with E-state index in [1.54, 1.807) is 6.33 Å². The average molecular weight is 341 g/mol. The zero-order valence-corrected chi connectivity index (χ0v) is 14.5. The third kappa shape index (κ3) is 3.64. The molecular formula is C22H19N3O. The van der Waals surface area contributed by atoms with Crippen molar-refractivity contribution in [3.05, 3.63) is 90.4 Å². The quantitative estimate of drug-likeness (QED) is 0.532. The van der Waals surface area contributed by atoms with Crippen LogP contribution < -0.4 is 10.1 Å². The second-order valence-electron chi connectivity index (χ2n) is 6.15. The van der Waals surface area contributed by atoms with Gasteiger partial charge in [-0.15, -0.1) is 0 Å². The van der Waals surface area contributed by atoms with E-state index in [1.165, 1.54) is 11.1 Å². The summed E-state index contributed by atoms with van der Waals surface area (Å²) in [5.74, 6) is 1.69. The van der Waals surface area contributed by atoms with Crippen molar-refractivity contribution in [2.45, 2.75) is 13.5 Å². The number of aromatic nitrogens is 2. The van der Waals surface area contributed by atoms with E-state index in [1.807, 2.05) is 60.8 Å². The molecule has 4 heteroatoms. The molecule has 0 atom stereocenters. The van der Waals surface area contributed by atoms with E-state index in [0.29, 0.717) is 0 Å². The van der Waals surface area contributed by atoms with Gasteiger partial charge in [-0.25, -0.2) is 9.97 Å². The van der Waals surface area contributed by atoms with Crippen LogP contribution in [0.15, 0.2) is 79.3 Å². The lowest BCUT2D eigenvalue weighted by Gasteiger charge is -2.12. The number of ether oxygens (including phenoxy) is 1. The number of hydrogen-bond donors (Lipinski definition) is 1. The summed E-state index contributed by atoms with van der Waals surface area (Å²) in [6.45, 7) is 2.84. The molecule has 0 unspecified atom stereocenters. The standard InChI is InChI=1S/C22H19N3O/c1-16-11-21(26-20-5-3-2-4-6-20)10-8-17(16)14-24-19-9-7-18-13-23-15-25-22(18)12-19/h2-13,15,24H,14H2,1H3. The second kappa shape index (κ2) is 7.23. The summed E-state index contributed by atoms with van der Waals surface area (Å²) in [4.78, 5) is 8.34. The Morgan fingerprint density at radius 2 is 1.81 bits per heavy atom. The number of anilines is 1. The van der Waals surface area contributed by atoms with Gasteiger partial charge in [0.1, 0.15) is 17.8 Å². The van der Waals surface area contributed by atoms with E-state index >= 15 is 0 Å². The van der Waals surface area contributed by atoms with Crippen LogP contribution in [-0.2, 0) is 6.54 Å². The number of aryl methyl sites for hydroxylation is 1. The van der Waals surface area contributed by atoms with Crippen LogP contribution in [0.25, 0.3) is 10.9 Å². The lowest BCUT2D eigenvalue weighted by molar-refractivity contribution is 0.482. The van der Waals surface area contributed by atoms with Crippen molar-refractivity contribution in [1.29, 1.82) is 0 Å². The fourth-order valence-electron chi connectivity index (χ4n) is 2.84. The summed E-state index contributed by atoms with van der Waals surface area (Å²) in [6.07, 6.45) is 3.39. The molecule has 1 aromatic heterocycles. The normalized spacial score (nSPS) is 10.7.